The number of carbonyl (C=O) groups is 1. The molecule has 0 spiro atoms. The van der Waals surface area contributed by atoms with E-state index in [0.717, 1.165) is 37.4 Å². The molecule has 2 rings (SSSR count). The van der Waals surface area contributed by atoms with Gasteiger partial charge >= 0.3 is 5.97 Å². The Bertz CT molecular complexity index is 618. The molecule has 0 bridgehead atoms. The molecule has 7 nitrogen and oxygen atoms in total. The Morgan fingerprint density at radius 3 is 3.00 bits per heavy atom. The van der Waals surface area contributed by atoms with Crippen molar-refractivity contribution in [2.24, 2.45) is 0 Å². The average molecular weight is 300 g/mol. The highest BCUT2D eigenvalue weighted by molar-refractivity contribution is 7.89. The molecule has 0 saturated heterocycles. The van der Waals surface area contributed by atoms with Gasteiger partial charge in [0.15, 0.2) is 0 Å². The van der Waals surface area contributed by atoms with Crippen molar-refractivity contribution in [3.63, 3.8) is 0 Å². The Kier molecular flexibility index (Phi) is 4.58. The number of carbonyl (C=O) groups excluding carboxylic acids is 1. The van der Waals surface area contributed by atoms with Crippen LogP contribution in [0.5, 0.6) is 0 Å². The van der Waals surface area contributed by atoms with Gasteiger partial charge in [0.1, 0.15) is 6.26 Å². The fourth-order valence-corrected chi connectivity index (χ4v) is 2.75. The first-order valence-electron chi connectivity index (χ1n) is 6.08. The molecule has 8 heteroatoms. The van der Waals surface area contributed by atoms with E-state index >= 15 is 0 Å². The summed E-state index contributed by atoms with van der Waals surface area (Å²) in [6, 6.07) is 1.14. The number of esters is 1. The van der Waals surface area contributed by atoms with Crippen LogP contribution in [0.1, 0.15) is 16.8 Å². The van der Waals surface area contributed by atoms with Crippen LogP contribution in [-0.4, -0.2) is 41.1 Å². The summed E-state index contributed by atoms with van der Waals surface area (Å²) >= 11 is 0. The summed E-state index contributed by atoms with van der Waals surface area (Å²) in [4.78, 5) is 11.2. The van der Waals surface area contributed by atoms with Crippen molar-refractivity contribution in [1.82, 2.24) is 10.0 Å². The second kappa shape index (κ2) is 6.21. The number of sulfonamides is 1. The number of ether oxygens (including phenoxy) is 1. The summed E-state index contributed by atoms with van der Waals surface area (Å²) in [6.07, 6.45) is 3.81. The zero-order chi connectivity index (χ0) is 14.6. The van der Waals surface area contributed by atoms with E-state index in [0.29, 0.717) is 0 Å². The molecule has 1 aliphatic rings. The Morgan fingerprint density at radius 2 is 2.35 bits per heavy atom. The SMILES string of the molecule is COC(=O)c1coc(S(=O)(=O)NCC2=CCNCC2)c1. The number of nitrogens with one attached hydrogen (secondary N) is 2. The van der Waals surface area contributed by atoms with Crippen molar-refractivity contribution >= 4 is 16.0 Å². The third kappa shape index (κ3) is 3.47. The van der Waals surface area contributed by atoms with E-state index in [-0.39, 0.29) is 17.2 Å². The van der Waals surface area contributed by atoms with Gasteiger partial charge in [0.25, 0.3) is 10.0 Å². The molecule has 0 saturated carbocycles. The topological polar surface area (TPSA) is 97.6 Å². The van der Waals surface area contributed by atoms with Crippen LogP contribution in [0, 0.1) is 0 Å². The molecular formula is C12H16N2O5S. The molecule has 0 fully saturated rings. The largest absolute Gasteiger partial charge is 0.465 e. The van der Waals surface area contributed by atoms with Crippen LogP contribution in [0.25, 0.3) is 0 Å². The first kappa shape index (κ1) is 14.8. The third-order valence-corrected chi connectivity index (χ3v) is 4.18. The van der Waals surface area contributed by atoms with Crippen molar-refractivity contribution < 1.29 is 22.4 Å². The maximum atomic E-state index is 12.0. The first-order valence-corrected chi connectivity index (χ1v) is 7.56. The second-order valence-corrected chi connectivity index (χ2v) is 5.98. The van der Waals surface area contributed by atoms with Crippen LogP contribution in [0.4, 0.5) is 0 Å². The van der Waals surface area contributed by atoms with Gasteiger partial charge in [-0.15, -0.1) is 0 Å². The van der Waals surface area contributed by atoms with Gasteiger partial charge in [-0.2, -0.15) is 0 Å². The van der Waals surface area contributed by atoms with Gasteiger partial charge in [-0.25, -0.2) is 17.9 Å². The second-order valence-electron chi connectivity index (χ2n) is 4.29. The summed E-state index contributed by atoms with van der Waals surface area (Å²) in [5.74, 6) is -0.642. The highest BCUT2D eigenvalue weighted by Crippen LogP contribution is 2.15. The number of methoxy groups -OCH3 is 1. The molecule has 110 valence electrons. The molecular weight excluding hydrogens is 284 g/mol. The number of hydrogen-bond donors (Lipinski definition) is 2. The lowest BCUT2D eigenvalue weighted by Gasteiger charge is -2.14. The average Bonchev–Trinajstić information content (AvgIpc) is 2.96. The maximum Gasteiger partial charge on any atom is 0.341 e. The van der Waals surface area contributed by atoms with Crippen LogP contribution in [0.15, 0.2) is 33.5 Å². The fraction of sp³-hybridized carbons (Fsp3) is 0.417. The van der Waals surface area contributed by atoms with Crippen LogP contribution in [0.2, 0.25) is 0 Å². The van der Waals surface area contributed by atoms with Crippen molar-refractivity contribution in [3.8, 4) is 0 Å². The molecule has 0 aliphatic carbocycles. The number of furan rings is 1. The lowest BCUT2D eigenvalue weighted by Crippen LogP contribution is -2.29. The van der Waals surface area contributed by atoms with Crippen molar-refractivity contribution in [2.75, 3.05) is 26.7 Å². The molecule has 0 radical (unpaired) electrons. The van der Waals surface area contributed by atoms with Gasteiger partial charge in [0.05, 0.1) is 12.7 Å². The fourth-order valence-electron chi connectivity index (χ4n) is 1.77. The van der Waals surface area contributed by atoms with Crippen molar-refractivity contribution in [3.05, 3.63) is 29.5 Å². The van der Waals surface area contributed by atoms with Crippen LogP contribution in [-0.2, 0) is 14.8 Å². The monoisotopic (exact) mass is 300 g/mol. The minimum Gasteiger partial charge on any atom is -0.465 e. The van der Waals surface area contributed by atoms with Gasteiger partial charge in [-0.1, -0.05) is 11.6 Å². The quantitative estimate of drug-likeness (QED) is 0.598. The van der Waals surface area contributed by atoms with Crippen molar-refractivity contribution in [2.45, 2.75) is 11.5 Å². The highest BCUT2D eigenvalue weighted by Gasteiger charge is 2.21. The Labute approximate surface area is 117 Å². The first-order chi connectivity index (χ1) is 9.53. The van der Waals surface area contributed by atoms with E-state index in [2.05, 4.69) is 14.8 Å². The molecule has 2 N–H and O–H groups in total. The van der Waals surface area contributed by atoms with E-state index in [9.17, 15) is 13.2 Å². The summed E-state index contributed by atoms with van der Waals surface area (Å²) < 4.78 is 35.8. The van der Waals surface area contributed by atoms with Gasteiger partial charge < -0.3 is 14.5 Å². The molecule has 1 aliphatic heterocycles. The van der Waals surface area contributed by atoms with Crippen LogP contribution < -0.4 is 10.0 Å². The van der Waals surface area contributed by atoms with E-state index in [1.54, 1.807) is 0 Å². The molecule has 1 aromatic rings. The van der Waals surface area contributed by atoms with Gasteiger partial charge in [-0.3, -0.25) is 0 Å². The van der Waals surface area contributed by atoms with E-state index in [4.69, 9.17) is 4.42 Å². The van der Waals surface area contributed by atoms with E-state index in [1.165, 1.54) is 7.11 Å². The molecule has 0 atom stereocenters. The zero-order valence-corrected chi connectivity index (χ0v) is 11.8. The number of hydrogen-bond acceptors (Lipinski definition) is 6. The normalized spacial score (nSPS) is 15.8. The van der Waals surface area contributed by atoms with E-state index in [1.807, 2.05) is 6.08 Å². The number of rotatable bonds is 5. The molecule has 1 aromatic heterocycles. The highest BCUT2D eigenvalue weighted by atomic mass is 32.2. The van der Waals surface area contributed by atoms with Crippen molar-refractivity contribution in [1.29, 1.82) is 0 Å². The lowest BCUT2D eigenvalue weighted by atomic mass is 10.1. The Balaban J connectivity index is 2.04. The summed E-state index contributed by atoms with van der Waals surface area (Å²) in [5, 5.41) is 2.84. The summed E-state index contributed by atoms with van der Waals surface area (Å²) in [5.41, 5.74) is 1.08. The predicted molar refractivity (Wildman–Crippen MR) is 70.8 cm³/mol. The molecule has 2 heterocycles. The zero-order valence-electron chi connectivity index (χ0n) is 11.0. The molecule has 0 amide bonds. The summed E-state index contributed by atoms with van der Waals surface area (Å²) in [6.45, 7) is 1.81. The molecule has 20 heavy (non-hydrogen) atoms. The smallest absolute Gasteiger partial charge is 0.341 e. The molecule has 0 unspecified atom stereocenters. The third-order valence-electron chi connectivity index (χ3n) is 2.91. The maximum absolute atomic E-state index is 12.0. The summed E-state index contributed by atoms with van der Waals surface area (Å²) in [7, 11) is -2.55. The van der Waals surface area contributed by atoms with Crippen LogP contribution >= 0.6 is 0 Å². The van der Waals surface area contributed by atoms with Gasteiger partial charge in [-0.05, 0) is 13.0 Å². The minimum atomic E-state index is -3.77. The predicted octanol–water partition coefficient (Wildman–Crippen LogP) is 0.264. The lowest BCUT2D eigenvalue weighted by molar-refractivity contribution is 0.0600. The standard InChI is InChI=1S/C12H16N2O5S/c1-18-12(15)10-6-11(19-8-10)20(16,17)14-7-9-2-4-13-5-3-9/h2,6,8,13-14H,3-5,7H2,1H3. The van der Waals surface area contributed by atoms with E-state index < -0.39 is 16.0 Å². The van der Waals surface area contributed by atoms with Gasteiger partial charge in [0.2, 0.25) is 5.09 Å². The Morgan fingerprint density at radius 1 is 1.55 bits per heavy atom. The molecule has 0 aromatic carbocycles. The Hall–Kier alpha value is -1.64. The minimum absolute atomic E-state index is 0.0638. The van der Waals surface area contributed by atoms with Crippen LogP contribution in [0.3, 0.4) is 0 Å². The van der Waals surface area contributed by atoms with Gasteiger partial charge in [0, 0.05) is 19.2 Å².